The van der Waals surface area contributed by atoms with E-state index in [-0.39, 0.29) is 12.1 Å². The molecule has 1 fully saturated rings. The highest BCUT2D eigenvalue weighted by Gasteiger charge is 2.34. The lowest BCUT2D eigenvalue weighted by Crippen LogP contribution is -2.45. The molecule has 0 aliphatic heterocycles. The molecule has 1 aliphatic rings. The van der Waals surface area contributed by atoms with Crippen LogP contribution in [0, 0.1) is 12.8 Å². The summed E-state index contributed by atoms with van der Waals surface area (Å²) < 4.78 is 0. The molecule has 0 aromatic heterocycles. The molecule has 0 unspecified atom stereocenters. The normalized spacial score (nSPS) is 27.2. The number of rotatable bonds is 5. The predicted octanol–water partition coefficient (Wildman–Crippen LogP) is 4.13. The van der Waals surface area contributed by atoms with Gasteiger partial charge in [-0.25, -0.2) is 0 Å². The highest BCUT2D eigenvalue weighted by Crippen LogP contribution is 2.36. The highest BCUT2D eigenvalue weighted by atomic mass is 16.3. The molecular weight excluding hydrogens is 234 g/mol. The second-order valence-electron chi connectivity index (χ2n) is 6.11. The van der Waals surface area contributed by atoms with Gasteiger partial charge in [0.2, 0.25) is 0 Å². The van der Waals surface area contributed by atoms with E-state index in [1.165, 1.54) is 36.9 Å². The zero-order valence-corrected chi connectivity index (χ0v) is 12.3. The van der Waals surface area contributed by atoms with Crippen molar-refractivity contribution in [1.29, 1.82) is 0 Å². The van der Waals surface area contributed by atoms with Crippen LogP contribution in [0.3, 0.4) is 0 Å². The van der Waals surface area contributed by atoms with Gasteiger partial charge in [-0.3, -0.25) is 0 Å². The Morgan fingerprint density at radius 2 is 1.95 bits per heavy atom. The summed E-state index contributed by atoms with van der Waals surface area (Å²) in [6.45, 7) is 4.62. The lowest BCUT2D eigenvalue weighted by atomic mass is 9.75. The molecule has 0 amide bonds. The Hall–Kier alpha value is -1.02. The number of hydrogen-bond donors (Lipinski definition) is 2. The third-order valence-corrected chi connectivity index (χ3v) is 4.61. The Morgan fingerprint density at radius 3 is 2.53 bits per heavy atom. The summed E-state index contributed by atoms with van der Waals surface area (Å²) in [7, 11) is 0. The smallest absolute Gasteiger partial charge is 0.0661 e. The van der Waals surface area contributed by atoms with Crippen molar-refractivity contribution < 1.29 is 5.11 Å². The van der Waals surface area contributed by atoms with Crippen molar-refractivity contribution in [3.8, 4) is 0 Å². The van der Waals surface area contributed by atoms with Crippen molar-refractivity contribution in [3.63, 3.8) is 0 Å². The standard InChI is InChI=1S/C17H27NO/c1-3-6-15-9-11-17(13-19,12-10-15)18-16-8-5-4-7-14(16)2/h4-5,7-8,15,18-19H,3,6,9-13H2,1-2H3. The number of benzene rings is 1. The second kappa shape index (κ2) is 6.42. The summed E-state index contributed by atoms with van der Waals surface area (Å²) in [5.41, 5.74) is 2.33. The molecular formula is C17H27NO. The number of nitrogens with one attached hydrogen (secondary N) is 1. The van der Waals surface area contributed by atoms with Crippen LogP contribution in [0.4, 0.5) is 5.69 Å². The Bertz CT molecular complexity index is 394. The van der Waals surface area contributed by atoms with Crippen LogP contribution in [0.5, 0.6) is 0 Å². The Kier molecular flexibility index (Phi) is 4.87. The first-order valence-electron chi connectivity index (χ1n) is 7.64. The number of aliphatic hydroxyl groups excluding tert-OH is 1. The Labute approximate surface area is 117 Å². The molecule has 2 N–H and O–H groups in total. The predicted molar refractivity (Wildman–Crippen MR) is 81.5 cm³/mol. The SMILES string of the molecule is CCCC1CCC(CO)(Nc2ccccc2C)CC1. The molecule has 19 heavy (non-hydrogen) atoms. The van der Waals surface area contributed by atoms with Crippen LogP contribution < -0.4 is 5.32 Å². The molecule has 0 heterocycles. The average Bonchev–Trinajstić information content (AvgIpc) is 2.44. The van der Waals surface area contributed by atoms with E-state index in [1.54, 1.807) is 0 Å². The molecule has 0 saturated heterocycles. The zero-order valence-electron chi connectivity index (χ0n) is 12.3. The maximum absolute atomic E-state index is 9.85. The molecule has 0 bridgehead atoms. The van der Waals surface area contributed by atoms with E-state index in [9.17, 15) is 5.11 Å². The summed E-state index contributed by atoms with van der Waals surface area (Å²) in [5, 5.41) is 13.5. The first kappa shape index (κ1) is 14.4. The summed E-state index contributed by atoms with van der Waals surface area (Å²) in [6, 6.07) is 8.36. The molecule has 0 spiro atoms. The third kappa shape index (κ3) is 3.50. The molecule has 1 saturated carbocycles. The van der Waals surface area contributed by atoms with Gasteiger partial charge in [0.05, 0.1) is 12.1 Å². The molecule has 2 nitrogen and oxygen atoms in total. The number of aliphatic hydroxyl groups is 1. The molecule has 2 rings (SSSR count). The summed E-state index contributed by atoms with van der Waals surface area (Å²) in [4.78, 5) is 0. The van der Waals surface area contributed by atoms with E-state index in [0.29, 0.717) is 0 Å². The quantitative estimate of drug-likeness (QED) is 0.835. The first-order chi connectivity index (χ1) is 9.19. The van der Waals surface area contributed by atoms with Gasteiger partial charge in [-0.2, -0.15) is 0 Å². The average molecular weight is 261 g/mol. The van der Waals surface area contributed by atoms with Crippen molar-refractivity contribution in [1.82, 2.24) is 0 Å². The first-order valence-corrected chi connectivity index (χ1v) is 7.64. The van der Waals surface area contributed by atoms with Gasteiger partial charge in [0, 0.05) is 5.69 Å². The Balaban J connectivity index is 2.02. The fraction of sp³-hybridized carbons (Fsp3) is 0.647. The minimum Gasteiger partial charge on any atom is -0.394 e. The number of anilines is 1. The topological polar surface area (TPSA) is 32.3 Å². The van der Waals surface area contributed by atoms with E-state index in [1.807, 2.05) is 0 Å². The summed E-state index contributed by atoms with van der Waals surface area (Å²) in [6.07, 6.45) is 7.28. The van der Waals surface area contributed by atoms with Crippen molar-refractivity contribution in [2.75, 3.05) is 11.9 Å². The van der Waals surface area contributed by atoms with Gasteiger partial charge in [-0.05, 0) is 50.2 Å². The number of aryl methyl sites for hydroxylation is 1. The maximum Gasteiger partial charge on any atom is 0.0661 e. The van der Waals surface area contributed by atoms with E-state index in [2.05, 4.69) is 43.4 Å². The van der Waals surface area contributed by atoms with Crippen LogP contribution in [0.15, 0.2) is 24.3 Å². The van der Waals surface area contributed by atoms with E-state index < -0.39 is 0 Å². The van der Waals surface area contributed by atoms with Crippen LogP contribution >= 0.6 is 0 Å². The van der Waals surface area contributed by atoms with Gasteiger partial charge < -0.3 is 10.4 Å². The second-order valence-corrected chi connectivity index (χ2v) is 6.11. The molecule has 2 heteroatoms. The van der Waals surface area contributed by atoms with Gasteiger partial charge >= 0.3 is 0 Å². The van der Waals surface area contributed by atoms with Crippen LogP contribution in [-0.2, 0) is 0 Å². The largest absolute Gasteiger partial charge is 0.394 e. The van der Waals surface area contributed by atoms with Crippen molar-refractivity contribution in [3.05, 3.63) is 29.8 Å². The van der Waals surface area contributed by atoms with Crippen molar-refractivity contribution in [2.45, 2.75) is 57.9 Å². The maximum atomic E-state index is 9.85. The molecule has 1 aliphatic carbocycles. The van der Waals surface area contributed by atoms with E-state index in [0.717, 1.165) is 18.8 Å². The molecule has 0 radical (unpaired) electrons. The lowest BCUT2D eigenvalue weighted by molar-refractivity contribution is 0.148. The molecule has 0 atom stereocenters. The minimum atomic E-state index is -0.101. The van der Waals surface area contributed by atoms with E-state index >= 15 is 0 Å². The van der Waals surface area contributed by atoms with E-state index in [4.69, 9.17) is 0 Å². The zero-order chi connectivity index (χ0) is 13.7. The van der Waals surface area contributed by atoms with Crippen LogP contribution in [-0.4, -0.2) is 17.3 Å². The fourth-order valence-electron chi connectivity index (χ4n) is 3.25. The lowest BCUT2D eigenvalue weighted by Gasteiger charge is -2.40. The van der Waals surface area contributed by atoms with Gasteiger partial charge in [0.15, 0.2) is 0 Å². The fourth-order valence-corrected chi connectivity index (χ4v) is 3.25. The van der Waals surface area contributed by atoms with Gasteiger partial charge in [-0.15, -0.1) is 0 Å². The monoisotopic (exact) mass is 261 g/mol. The summed E-state index contributed by atoms with van der Waals surface area (Å²) in [5.74, 6) is 0.864. The number of para-hydroxylation sites is 1. The summed E-state index contributed by atoms with van der Waals surface area (Å²) >= 11 is 0. The molecule has 1 aromatic rings. The highest BCUT2D eigenvalue weighted by molar-refractivity contribution is 5.52. The molecule has 106 valence electrons. The van der Waals surface area contributed by atoms with Crippen molar-refractivity contribution >= 4 is 5.69 Å². The van der Waals surface area contributed by atoms with Crippen LogP contribution in [0.25, 0.3) is 0 Å². The third-order valence-electron chi connectivity index (χ3n) is 4.61. The van der Waals surface area contributed by atoms with Gasteiger partial charge in [-0.1, -0.05) is 38.0 Å². The molecule has 1 aromatic carbocycles. The number of hydrogen-bond acceptors (Lipinski definition) is 2. The van der Waals surface area contributed by atoms with Crippen molar-refractivity contribution in [2.24, 2.45) is 5.92 Å². The van der Waals surface area contributed by atoms with Gasteiger partial charge in [0.1, 0.15) is 0 Å². The minimum absolute atomic E-state index is 0.101. The van der Waals surface area contributed by atoms with Crippen LogP contribution in [0.1, 0.15) is 51.0 Å². The Morgan fingerprint density at radius 1 is 1.26 bits per heavy atom. The van der Waals surface area contributed by atoms with Gasteiger partial charge in [0.25, 0.3) is 0 Å². The van der Waals surface area contributed by atoms with Crippen LogP contribution in [0.2, 0.25) is 0 Å².